The molecule has 13 heavy (non-hydrogen) atoms. The summed E-state index contributed by atoms with van der Waals surface area (Å²) in [5.41, 5.74) is 0.510. The molecule has 2 nitrogen and oxygen atoms in total. The molecule has 0 saturated heterocycles. The molecule has 1 aromatic carbocycles. The van der Waals surface area contributed by atoms with Crippen molar-refractivity contribution < 1.29 is 18.3 Å². The number of halogens is 2. The predicted molar refractivity (Wildman–Crippen MR) is 40.6 cm³/mol. The van der Waals surface area contributed by atoms with Gasteiger partial charge in [-0.1, -0.05) is 6.07 Å². The number of hydrogen-bond donors (Lipinski definition) is 0. The summed E-state index contributed by atoms with van der Waals surface area (Å²) >= 11 is 0. The van der Waals surface area contributed by atoms with E-state index in [1.807, 2.05) is 0 Å². The lowest BCUT2D eigenvalue weighted by Gasteiger charge is -2.09. The highest BCUT2D eigenvalue weighted by Crippen LogP contribution is 2.35. The highest BCUT2D eigenvalue weighted by molar-refractivity contribution is 5.64. The lowest BCUT2D eigenvalue weighted by molar-refractivity contribution is -0.134. The van der Waals surface area contributed by atoms with Gasteiger partial charge in [0.05, 0.1) is 6.42 Å². The zero-order valence-corrected chi connectivity index (χ0v) is 6.59. The van der Waals surface area contributed by atoms with Gasteiger partial charge in [0.2, 0.25) is 0 Å². The largest absolute Gasteiger partial charge is 0.451 e. The van der Waals surface area contributed by atoms with Crippen molar-refractivity contribution in [2.45, 2.75) is 12.3 Å². The Labute approximate surface area is 73.1 Å². The van der Waals surface area contributed by atoms with E-state index in [0.29, 0.717) is 5.56 Å². The number of carbonyl (C=O) groups is 1. The second kappa shape index (κ2) is 2.52. The van der Waals surface area contributed by atoms with Crippen LogP contribution >= 0.6 is 0 Å². The molecule has 1 aromatic rings. The van der Waals surface area contributed by atoms with Gasteiger partial charge in [0, 0.05) is 11.6 Å². The molecule has 0 amide bonds. The van der Waals surface area contributed by atoms with Gasteiger partial charge in [0.1, 0.15) is 11.6 Å². The minimum Gasteiger partial charge on any atom is -0.451 e. The van der Waals surface area contributed by atoms with Gasteiger partial charge < -0.3 is 4.74 Å². The van der Waals surface area contributed by atoms with Crippen LogP contribution in [0.25, 0.3) is 0 Å². The zero-order chi connectivity index (χ0) is 9.47. The molecule has 0 bridgehead atoms. The standard InChI is InChI=1S/C9H6F2O2/c10-7-2-1-6-4-9(11,5-12)13-8(6)3-7/h1-3,5H,4H2. The molecule has 1 heterocycles. The highest BCUT2D eigenvalue weighted by atomic mass is 19.2. The molecule has 0 aromatic heterocycles. The third-order valence-electron chi connectivity index (χ3n) is 1.92. The summed E-state index contributed by atoms with van der Waals surface area (Å²) in [6.07, 6.45) is -0.0585. The monoisotopic (exact) mass is 184 g/mol. The summed E-state index contributed by atoms with van der Waals surface area (Å²) in [5.74, 6) is -2.71. The fraction of sp³-hybridized carbons (Fsp3) is 0.222. The van der Waals surface area contributed by atoms with Crippen molar-refractivity contribution >= 4 is 6.29 Å². The topological polar surface area (TPSA) is 26.3 Å². The molecule has 0 saturated carbocycles. The smallest absolute Gasteiger partial charge is 0.307 e. The van der Waals surface area contributed by atoms with Crippen LogP contribution in [-0.4, -0.2) is 12.1 Å². The van der Waals surface area contributed by atoms with E-state index in [-0.39, 0.29) is 18.5 Å². The van der Waals surface area contributed by atoms with E-state index in [4.69, 9.17) is 0 Å². The van der Waals surface area contributed by atoms with E-state index in [0.717, 1.165) is 6.07 Å². The van der Waals surface area contributed by atoms with Gasteiger partial charge in [-0.2, -0.15) is 4.39 Å². The number of alkyl halides is 1. The number of carbonyl (C=O) groups excluding carboxylic acids is 1. The van der Waals surface area contributed by atoms with Crippen molar-refractivity contribution in [1.82, 2.24) is 0 Å². The Bertz CT molecular complexity index is 365. The SMILES string of the molecule is O=CC1(F)Cc2ccc(F)cc2O1. The Kier molecular flexibility index (Phi) is 1.58. The first-order valence-electron chi connectivity index (χ1n) is 3.76. The van der Waals surface area contributed by atoms with Crippen molar-refractivity contribution in [1.29, 1.82) is 0 Å². The number of hydrogen-bond acceptors (Lipinski definition) is 2. The van der Waals surface area contributed by atoms with Crippen LogP contribution in [0.1, 0.15) is 5.56 Å². The molecular weight excluding hydrogens is 178 g/mol. The molecule has 0 aliphatic carbocycles. The first kappa shape index (κ1) is 8.16. The maximum atomic E-state index is 13.3. The fourth-order valence-corrected chi connectivity index (χ4v) is 1.31. The van der Waals surface area contributed by atoms with Crippen LogP contribution in [0.3, 0.4) is 0 Å². The van der Waals surface area contributed by atoms with E-state index < -0.39 is 11.7 Å². The van der Waals surface area contributed by atoms with Crippen LogP contribution < -0.4 is 4.74 Å². The molecule has 0 radical (unpaired) electrons. The van der Waals surface area contributed by atoms with Gasteiger partial charge in [-0.15, -0.1) is 0 Å². The third-order valence-corrected chi connectivity index (χ3v) is 1.92. The van der Waals surface area contributed by atoms with Crippen LogP contribution in [0.4, 0.5) is 8.78 Å². The number of ether oxygens (including phenoxy) is 1. The van der Waals surface area contributed by atoms with Crippen molar-refractivity contribution in [3.8, 4) is 5.75 Å². The summed E-state index contributed by atoms with van der Waals surface area (Å²) < 4.78 is 30.5. The molecule has 0 N–H and O–H groups in total. The lowest BCUT2D eigenvalue weighted by atomic mass is 10.1. The minimum absolute atomic E-state index is 0.0882. The van der Waals surface area contributed by atoms with Crippen LogP contribution in [-0.2, 0) is 11.2 Å². The number of aldehydes is 1. The van der Waals surface area contributed by atoms with Crippen LogP contribution in [0.15, 0.2) is 18.2 Å². The molecule has 1 atom stereocenters. The fourth-order valence-electron chi connectivity index (χ4n) is 1.31. The molecular formula is C9H6F2O2. The van der Waals surface area contributed by atoms with E-state index >= 15 is 0 Å². The Morgan fingerprint density at radius 2 is 2.31 bits per heavy atom. The number of fused-ring (bicyclic) bond motifs is 1. The van der Waals surface area contributed by atoms with E-state index in [1.54, 1.807) is 0 Å². The second-order valence-corrected chi connectivity index (χ2v) is 2.93. The van der Waals surface area contributed by atoms with Crippen LogP contribution in [0, 0.1) is 5.82 Å². The summed E-state index contributed by atoms with van der Waals surface area (Å²) in [6.45, 7) is 0. The molecule has 68 valence electrons. The Balaban J connectivity index is 2.40. The zero-order valence-electron chi connectivity index (χ0n) is 6.59. The van der Waals surface area contributed by atoms with E-state index in [9.17, 15) is 13.6 Å². The van der Waals surface area contributed by atoms with E-state index in [2.05, 4.69) is 4.74 Å². The van der Waals surface area contributed by atoms with Crippen molar-refractivity contribution in [2.24, 2.45) is 0 Å². The number of rotatable bonds is 1. The molecule has 0 spiro atoms. The van der Waals surface area contributed by atoms with Gasteiger partial charge in [-0.3, -0.25) is 4.79 Å². The van der Waals surface area contributed by atoms with Crippen molar-refractivity contribution in [3.05, 3.63) is 29.6 Å². The van der Waals surface area contributed by atoms with E-state index in [1.165, 1.54) is 12.1 Å². The maximum absolute atomic E-state index is 13.3. The molecule has 2 rings (SSSR count). The molecule has 1 aliphatic heterocycles. The van der Waals surface area contributed by atoms with Gasteiger partial charge in [0.25, 0.3) is 0 Å². The highest BCUT2D eigenvalue weighted by Gasteiger charge is 2.39. The predicted octanol–water partition coefficient (Wildman–Crippen LogP) is 1.63. The van der Waals surface area contributed by atoms with Gasteiger partial charge >= 0.3 is 5.85 Å². The van der Waals surface area contributed by atoms with Crippen LogP contribution in [0.5, 0.6) is 5.75 Å². The first-order valence-corrected chi connectivity index (χ1v) is 3.76. The lowest BCUT2D eigenvalue weighted by Crippen LogP contribution is -2.29. The van der Waals surface area contributed by atoms with Gasteiger partial charge in [-0.25, -0.2) is 4.39 Å². The van der Waals surface area contributed by atoms with Crippen molar-refractivity contribution in [2.75, 3.05) is 0 Å². The second-order valence-electron chi connectivity index (χ2n) is 2.93. The van der Waals surface area contributed by atoms with Gasteiger partial charge in [0.15, 0.2) is 6.29 Å². The summed E-state index contributed by atoms with van der Waals surface area (Å²) in [5, 5.41) is 0. The summed E-state index contributed by atoms with van der Waals surface area (Å²) in [7, 11) is 0. The Morgan fingerprint density at radius 1 is 1.54 bits per heavy atom. The number of benzene rings is 1. The molecule has 4 heteroatoms. The summed E-state index contributed by atoms with van der Waals surface area (Å²) in [4.78, 5) is 10.3. The quantitative estimate of drug-likeness (QED) is 0.620. The maximum Gasteiger partial charge on any atom is 0.307 e. The first-order chi connectivity index (χ1) is 6.13. The van der Waals surface area contributed by atoms with Crippen LogP contribution in [0.2, 0.25) is 0 Å². The third kappa shape index (κ3) is 1.28. The van der Waals surface area contributed by atoms with Gasteiger partial charge in [-0.05, 0) is 6.07 Å². The molecule has 1 aliphatic rings. The normalized spacial score (nSPS) is 25.1. The minimum atomic E-state index is -2.31. The summed E-state index contributed by atoms with van der Waals surface area (Å²) in [6, 6.07) is 3.69. The molecule has 1 unspecified atom stereocenters. The molecule has 0 fully saturated rings. The average molecular weight is 184 g/mol. The Hall–Kier alpha value is -1.45. The average Bonchev–Trinajstić information content (AvgIpc) is 2.42. The van der Waals surface area contributed by atoms with Crippen molar-refractivity contribution in [3.63, 3.8) is 0 Å². The Morgan fingerprint density at radius 3 is 3.00 bits per heavy atom.